The minimum Gasteiger partial charge on any atom is -0.315 e. The van der Waals surface area contributed by atoms with E-state index in [1.54, 1.807) is 4.90 Å². The van der Waals surface area contributed by atoms with E-state index in [2.05, 4.69) is 31.8 Å². The Morgan fingerprint density at radius 2 is 1.63 bits per heavy atom. The van der Waals surface area contributed by atoms with Crippen molar-refractivity contribution in [2.45, 2.75) is 31.1 Å². The molecule has 0 radical (unpaired) electrons. The summed E-state index contributed by atoms with van der Waals surface area (Å²) < 4.78 is 2.16. The van der Waals surface area contributed by atoms with E-state index < -0.39 is 0 Å². The Bertz CT molecular complexity index is 954. The van der Waals surface area contributed by atoms with E-state index in [0.717, 1.165) is 36.3 Å². The molecule has 1 aromatic heterocycles. The topological polar surface area (TPSA) is 54.3 Å². The fourth-order valence-corrected chi connectivity index (χ4v) is 4.50. The molecule has 2 heterocycles. The van der Waals surface area contributed by atoms with Gasteiger partial charge in [0, 0.05) is 12.7 Å². The lowest BCUT2D eigenvalue weighted by Gasteiger charge is -2.18. The molecule has 0 spiro atoms. The highest BCUT2D eigenvalue weighted by molar-refractivity contribution is 7.99. The van der Waals surface area contributed by atoms with E-state index in [-0.39, 0.29) is 5.91 Å². The van der Waals surface area contributed by atoms with Gasteiger partial charge in [0.1, 0.15) is 5.82 Å². The van der Waals surface area contributed by atoms with Crippen LogP contribution in [0.15, 0.2) is 65.8 Å². The first-order chi connectivity index (χ1) is 14.7. The number of benzene rings is 2. The average molecular weight is 422 g/mol. The van der Waals surface area contributed by atoms with Crippen LogP contribution in [0, 0.1) is 0 Å². The summed E-state index contributed by atoms with van der Waals surface area (Å²) in [6.07, 6.45) is 2.49. The molecule has 156 valence electrons. The number of likely N-dealkylation sites (tertiary alicyclic amines) is 1. The second kappa shape index (κ2) is 9.91. The molecule has 0 aliphatic carbocycles. The number of rotatable bonds is 8. The van der Waals surface area contributed by atoms with Gasteiger partial charge < -0.3 is 9.47 Å². The van der Waals surface area contributed by atoms with Crippen LogP contribution < -0.4 is 4.90 Å². The molecule has 7 heteroatoms. The number of carbonyl (C=O) groups excluding carboxylic acids is 1. The van der Waals surface area contributed by atoms with Gasteiger partial charge in [0.2, 0.25) is 5.91 Å². The first-order valence-electron chi connectivity index (χ1n) is 10.3. The van der Waals surface area contributed by atoms with Gasteiger partial charge in [-0.3, -0.25) is 9.69 Å². The van der Waals surface area contributed by atoms with Crippen molar-refractivity contribution in [2.75, 3.05) is 30.8 Å². The number of anilines is 1. The molecule has 6 nitrogen and oxygen atoms in total. The van der Waals surface area contributed by atoms with E-state index in [4.69, 9.17) is 0 Å². The third-order valence-electron chi connectivity index (χ3n) is 5.38. The van der Waals surface area contributed by atoms with Gasteiger partial charge in [-0.05, 0) is 43.6 Å². The molecule has 0 atom stereocenters. The van der Waals surface area contributed by atoms with Crippen molar-refractivity contribution in [3.05, 3.63) is 72.1 Å². The normalized spacial score (nSPS) is 14.2. The molecule has 0 unspecified atom stereocenters. The summed E-state index contributed by atoms with van der Waals surface area (Å²) in [6.45, 7) is 3.74. The minimum absolute atomic E-state index is 0.0431. The smallest absolute Gasteiger partial charge is 0.237 e. The van der Waals surface area contributed by atoms with Crippen molar-refractivity contribution < 1.29 is 4.79 Å². The van der Waals surface area contributed by atoms with Gasteiger partial charge in [0.25, 0.3) is 0 Å². The Morgan fingerprint density at radius 3 is 2.33 bits per heavy atom. The summed E-state index contributed by atoms with van der Waals surface area (Å²) in [5, 5.41) is 9.71. The molecule has 0 saturated carbocycles. The SMILES string of the molecule is CN(C(=O)CSc1nnc(CN2CCCC2)n1Cc1ccccc1)c1ccccc1. The number of hydrogen-bond donors (Lipinski definition) is 0. The van der Waals surface area contributed by atoms with Crippen molar-refractivity contribution in [2.24, 2.45) is 0 Å². The molecular formula is C23H27N5OS. The number of amides is 1. The minimum atomic E-state index is 0.0431. The van der Waals surface area contributed by atoms with Crippen molar-refractivity contribution in [3.63, 3.8) is 0 Å². The molecule has 30 heavy (non-hydrogen) atoms. The molecule has 1 aliphatic heterocycles. The summed E-state index contributed by atoms with van der Waals surface area (Å²) in [4.78, 5) is 16.8. The Kier molecular flexibility index (Phi) is 6.81. The quantitative estimate of drug-likeness (QED) is 0.520. The Balaban J connectivity index is 1.48. The monoisotopic (exact) mass is 421 g/mol. The zero-order valence-electron chi connectivity index (χ0n) is 17.3. The van der Waals surface area contributed by atoms with E-state index in [9.17, 15) is 4.79 Å². The fourth-order valence-electron chi connectivity index (χ4n) is 3.63. The maximum absolute atomic E-state index is 12.7. The van der Waals surface area contributed by atoms with Gasteiger partial charge in [-0.15, -0.1) is 10.2 Å². The predicted octanol–water partition coefficient (Wildman–Crippen LogP) is 3.68. The molecular weight excluding hydrogens is 394 g/mol. The number of carbonyl (C=O) groups is 1. The maximum atomic E-state index is 12.7. The Hall–Kier alpha value is -2.64. The molecule has 2 aromatic carbocycles. The average Bonchev–Trinajstić information content (AvgIpc) is 3.44. The summed E-state index contributed by atoms with van der Waals surface area (Å²) in [6, 6.07) is 20.0. The lowest BCUT2D eigenvalue weighted by Crippen LogP contribution is -2.28. The standard InChI is InChI=1S/C23H27N5OS/c1-26(20-12-6-3-7-13-20)22(29)18-30-23-25-24-21(17-27-14-8-9-15-27)28(23)16-19-10-4-2-5-11-19/h2-7,10-13H,8-9,14-18H2,1H3. The van der Waals surface area contributed by atoms with Gasteiger partial charge in [-0.25, -0.2) is 0 Å². The first-order valence-corrected chi connectivity index (χ1v) is 11.3. The lowest BCUT2D eigenvalue weighted by atomic mass is 10.2. The predicted molar refractivity (Wildman–Crippen MR) is 121 cm³/mol. The molecule has 4 rings (SSSR count). The summed E-state index contributed by atoms with van der Waals surface area (Å²) in [5.74, 6) is 1.33. The molecule has 0 N–H and O–H groups in total. The van der Waals surface area contributed by atoms with E-state index in [1.165, 1.54) is 30.2 Å². The summed E-state index contributed by atoms with van der Waals surface area (Å²) in [7, 11) is 1.81. The third-order valence-corrected chi connectivity index (χ3v) is 6.33. The molecule has 1 aliphatic rings. The fraction of sp³-hybridized carbons (Fsp3) is 0.348. The highest BCUT2D eigenvalue weighted by atomic mass is 32.2. The van der Waals surface area contributed by atoms with Gasteiger partial charge in [-0.1, -0.05) is 60.3 Å². The van der Waals surface area contributed by atoms with E-state index in [1.807, 2.05) is 55.6 Å². The van der Waals surface area contributed by atoms with Crippen LogP contribution in [0.5, 0.6) is 0 Å². The number of aromatic nitrogens is 3. The Morgan fingerprint density at radius 1 is 0.967 bits per heavy atom. The highest BCUT2D eigenvalue weighted by Crippen LogP contribution is 2.22. The summed E-state index contributed by atoms with van der Waals surface area (Å²) in [5.41, 5.74) is 2.10. The van der Waals surface area contributed by atoms with Crippen molar-refractivity contribution >= 4 is 23.4 Å². The number of thioether (sulfide) groups is 1. The van der Waals surface area contributed by atoms with Crippen LogP contribution in [0.4, 0.5) is 5.69 Å². The summed E-state index contributed by atoms with van der Waals surface area (Å²) >= 11 is 1.46. The van der Waals surface area contributed by atoms with Crippen LogP contribution >= 0.6 is 11.8 Å². The van der Waals surface area contributed by atoms with Gasteiger partial charge in [0.15, 0.2) is 5.16 Å². The molecule has 1 saturated heterocycles. The zero-order chi connectivity index (χ0) is 20.8. The van der Waals surface area contributed by atoms with Crippen molar-refractivity contribution in [1.82, 2.24) is 19.7 Å². The maximum Gasteiger partial charge on any atom is 0.237 e. The number of nitrogens with zero attached hydrogens (tertiary/aromatic N) is 5. The van der Waals surface area contributed by atoms with Crippen LogP contribution in [0.2, 0.25) is 0 Å². The van der Waals surface area contributed by atoms with Crippen LogP contribution in [0.3, 0.4) is 0 Å². The highest BCUT2D eigenvalue weighted by Gasteiger charge is 2.20. The molecule has 0 bridgehead atoms. The second-order valence-electron chi connectivity index (χ2n) is 7.53. The van der Waals surface area contributed by atoms with Crippen LogP contribution in [-0.2, 0) is 17.9 Å². The largest absolute Gasteiger partial charge is 0.315 e. The first kappa shape index (κ1) is 20.6. The van der Waals surface area contributed by atoms with Crippen LogP contribution in [0.25, 0.3) is 0 Å². The number of para-hydroxylation sites is 1. The van der Waals surface area contributed by atoms with E-state index in [0.29, 0.717) is 12.3 Å². The number of hydrogen-bond acceptors (Lipinski definition) is 5. The molecule has 1 fully saturated rings. The zero-order valence-corrected chi connectivity index (χ0v) is 18.1. The Labute approximate surface area is 181 Å². The second-order valence-corrected chi connectivity index (χ2v) is 8.47. The van der Waals surface area contributed by atoms with Crippen molar-refractivity contribution in [3.8, 4) is 0 Å². The molecule has 1 amide bonds. The molecule has 3 aromatic rings. The van der Waals surface area contributed by atoms with E-state index >= 15 is 0 Å². The van der Waals surface area contributed by atoms with Crippen LogP contribution in [-0.4, -0.2) is 51.5 Å². The van der Waals surface area contributed by atoms with Gasteiger partial charge in [-0.2, -0.15) is 0 Å². The van der Waals surface area contributed by atoms with Crippen molar-refractivity contribution in [1.29, 1.82) is 0 Å². The lowest BCUT2D eigenvalue weighted by molar-refractivity contribution is -0.115. The van der Waals surface area contributed by atoms with Gasteiger partial charge in [0.05, 0.1) is 18.8 Å². The van der Waals surface area contributed by atoms with Gasteiger partial charge >= 0.3 is 0 Å². The third kappa shape index (κ3) is 5.09. The van der Waals surface area contributed by atoms with Crippen LogP contribution in [0.1, 0.15) is 24.2 Å².